The Morgan fingerprint density at radius 3 is 2.37 bits per heavy atom. The number of methoxy groups -OCH3 is 1. The van der Waals surface area contributed by atoms with Crippen molar-refractivity contribution in [2.45, 2.75) is 13.0 Å². The molecule has 27 heavy (non-hydrogen) atoms. The summed E-state index contributed by atoms with van der Waals surface area (Å²) < 4.78 is 11.9. The Hall–Kier alpha value is -3.07. The van der Waals surface area contributed by atoms with Gasteiger partial charge in [-0.15, -0.1) is 20.4 Å². The van der Waals surface area contributed by atoms with E-state index in [-0.39, 0.29) is 6.04 Å². The van der Waals surface area contributed by atoms with Gasteiger partial charge in [-0.1, -0.05) is 15.9 Å². The first kappa shape index (κ1) is 17.3. The van der Waals surface area contributed by atoms with Crippen LogP contribution in [0.2, 0.25) is 0 Å². The van der Waals surface area contributed by atoms with Gasteiger partial charge in [0.1, 0.15) is 11.8 Å². The molecule has 8 nitrogen and oxygen atoms in total. The second-order valence-corrected chi connectivity index (χ2v) is 6.71. The number of hydrogen-bond acceptors (Lipinski definition) is 7. The average molecular weight is 427 g/mol. The van der Waals surface area contributed by atoms with Crippen LogP contribution in [0.15, 0.2) is 57.4 Å². The van der Waals surface area contributed by atoms with Crippen LogP contribution in [0.5, 0.6) is 5.75 Å². The van der Waals surface area contributed by atoms with Crippen molar-refractivity contribution in [1.29, 1.82) is 0 Å². The predicted octanol–water partition coefficient (Wildman–Crippen LogP) is 3.77. The highest BCUT2D eigenvalue weighted by Gasteiger charge is 2.20. The molecule has 4 rings (SSSR count). The summed E-state index contributed by atoms with van der Waals surface area (Å²) in [5.41, 5.74) is 1.69. The minimum atomic E-state index is -0.346. The third-order valence-corrected chi connectivity index (χ3v) is 4.54. The summed E-state index contributed by atoms with van der Waals surface area (Å²) in [5.74, 6) is 2.12. The smallest absolute Gasteiger partial charge is 0.247 e. The Morgan fingerprint density at radius 1 is 0.963 bits per heavy atom. The van der Waals surface area contributed by atoms with E-state index in [9.17, 15) is 0 Å². The number of tetrazole rings is 1. The van der Waals surface area contributed by atoms with Crippen molar-refractivity contribution in [3.05, 3.63) is 58.9 Å². The first-order valence-electron chi connectivity index (χ1n) is 8.17. The number of nitrogens with zero attached hydrogens (tertiary/aromatic N) is 6. The molecular weight excluding hydrogens is 412 g/mol. The van der Waals surface area contributed by atoms with E-state index in [1.807, 2.05) is 55.5 Å². The van der Waals surface area contributed by atoms with Crippen LogP contribution >= 0.6 is 15.9 Å². The van der Waals surface area contributed by atoms with E-state index in [2.05, 4.69) is 41.5 Å². The highest BCUT2D eigenvalue weighted by Crippen LogP contribution is 2.24. The number of ether oxygens (including phenoxy) is 1. The Balaban J connectivity index is 1.55. The van der Waals surface area contributed by atoms with Crippen LogP contribution in [0, 0.1) is 0 Å². The SMILES string of the molecule is COc1ccc(-c2nnc([C@H](C)n3nnc(-c4ccc(Br)cc4)n3)o2)cc1. The molecule has 0 unspecified atom stereocenters. The molecule has 2 aromatic carbocycles. The van der Waals surface area contributed by atoms with Gasteiger partial charge in [-0.05, 0) is 60.7 Å². The Bertz CT molecular complexity index is 1040. The van der Waals surface area contributed by atoms with Crippen molar-refractivity contribution in [3.8, 4) is 28.6 Å². The van der Waals surface area contributed by atoms with Crippen molar-refractivity contribution in [1.82, 2.24) is 30.4 Å². The van der Waals surface area contributed by atoms with Crippen LogP contribution in [0.25, 0.3) is 22.8 Å². The lowest BCUT2D eigenvalue weighted by molar-refractivity contribution is 0.382. The van der Waals surface area contributed by atoms with Crippen molar-refractivity contribution in [2.24, 2.45) is 0 Å². The fraction of sp³-hybridized carbons (Fsp3) is 0.167. The molecule has 0 amide bonds. The standard InChI is InChI=1S/C18H15BrN6O2/c1-11(25-23-16(20-24-25)12-3-7-14(19)8-4-12)17-21-22-18(27-17)13-5-9-15(26-2)10-6-13/h3-11H,1-2H3/t11-/m0/s1. The maximum Gasteiger partial charge on any atom is 0.247 e. The lowest BCUT2D eigenvalue weighted by Gasteiger charge is -2.03. The van der Waals surface area contributed by atoms with Gasteiger partial charge >= 0.3 is 0 Å². The quantitative estimate of drug-likeness (QED) is 0.479. The lowest BCUT2D eigenvalue weighted by Crippen LogP contribution is -2.11. The summed E-state index contributed by atoms with van der Waals surface area (Å²) in [6, 6.07) is 14.8. The Kier molecular flexibility index (Phi) is 4.68. The summed E-state index contributed by atoms with van der Waals surface area (Å²) in [4.78, 5) is 1.46. The first-order chi connectivity index (χ1) is 13.1. The maximum absolute atomic E-state index is 5.79. The minimum Gasteiger partial charge on any atom is -0.497 e. The lowest BCUT2D eigenvalue weighted by atomic mass is 10.2. The molecule has 2 heterocycles. The van der Waals surface area contributed by atoms with Gasteiger partial charge in [0.2, 0.25) is 17.6 Å². The predicted molar refractivity (Wildman–Crippen MR) is 101 cm³/mol. The molecule has 2 aromatic heterocycles. The van der Waals surface area contributed by atoms with Crippen LogP contribution in [-0.4, -0.2) is 37.5 Å². The van der Waals surface area contributed by atoms with Crippen LogP contribution in [0.1, 0.15) is 18.9 Å². The molecule has 1 atom stereocenters. The molecule has 0 aliphatic rings. The first-order valence-corrected chi connectivity index (χ1v) is 8.96. The fourth-order valence-corrected chi connectivity index (χ4v) is 2.72. The molecule has 0 saturated heterocycles. The van der Waals surface area contributed by atoms with Gasteiger partial charge in [-0.3, -0.25) is 0 Å². The third-order valence-electron chi connectivity index (χ3n) is 4.01. The summed E-state index contributed by atoms with van der Waals surface area (Å²) in [6.07, 6.45) is 0. The van der Waals surface area contributed by atoms with Crippen LogP contribution in [0.4, 0.5) is 0 Å². The van der Waals surface area contributed by atoms with Crippen LogP contribution < -0.4 is 4.74 Å². The zero-order chi connectivity index (χ0) is 18.8. The molecule has 0 radical (unpaired) electrons. The van der Waals surface area contributed by atoms with Crippen molar-refractivity contribution in [3.63, 3.8) is 0 Å². The average Bonchev–Trinajstić information content (AvgIpc) is 3.38. The second kappa shape index (κ2) is 7.28. The van der Waals surface area contributed by atoms with E-state index in [0.29, 0.717) is 17.6 Å². The van der Waals surface area contributed by atoms with E-state index in [1.54, 1.807) is 7.11 Å². The molecule has 136 valence electrons. The topological polar surface area (TPSA) is 91.8 Å². The highest BCUT2D eigenvalue weighted by atomic mass is 79.9. The van der Waals surface area contributed by atoms with Gasteiger partial charge in [0.15, 0.2) is 0 Å². The number of benzene rings is 2. The zero-order valence-electron chi connectivity index (χ0n) is 14.6. The van der Waals surface area contributed by atoms with Gasteiger partial charge in [-0.2, -0.15) is 4.80 Å². The van der Waals surface area contributed by atoms with Crippen molar-refractivity contribution in [2.75, 3.05) is 7.11 Å². The molecule has 0 aliphatic heterocycles. The van der Waals surface area contributed by atoms with E-state index in [0.717, 1.165) is 21.3 Å². The number of rotatable bonds is 5. The monoisotopic (exact) mass is 426 g/mol. The number of aromatic nitrogens is 6. The third kappa shape index (κ3) is 3.59. The molecular formula is C18H15BrN6O2. The Labute approximate surface area is 163 Å². The molecule has 0 bridgehead atoms. The van der Waals surface area contributed by atoms with Crippen molar-refractivity contribution < 1.29 is 9.15 Å². The van der Waals surface area contributed by atoms with E-state index in [1.165, 1.54) is 4.80 Å². The summed E-state index contributed by atoms with van der Waals surface area (Å²) >= 11 is 3.41. The zero-order valence-corrected chi connectivity index (χ0v) is 16.2. The molecule has 0 saturated carbocycles. The molecule has 9 heteroatoms. The molecule has 0 aliphatic carbocycles. The van der Waals surface area contributed by atoms with Gasteiger partial charge in [0.05, 0.1) is 7.11 Å². The fourth-order valence-electron chi connectivity index (χ4n) is 2.46. The van der Waals surface area contributed by atoms with Gasteiger partial charge in [-0.25, -0.2) is 0 Å². The van der Waals surface area contributed by atoms with Gasteiger partial charge < -0.3 is 9.15 Å². The highest BCUT2D eigenvalue weighted by molar-refractivity contribution is 9.10. The normalized spacial score (nSPS) is 12.1. The minimum absolute atomic E-state index is 0.346. The number of hydrogen-bond donors (Lipinski definition) is 0. The largest absolute Gasteiger partial charge is 0.497 e. The van der Waals surface area contributed by atoms with Gasteiger partial charge in [0, 0.05) is 15.6 Å². The molecule has 0 fully saturated rings. The molecule has 0 N–H and O–H groups in total. The maximum atomic E-state index is 5.79. The second-order valence-electron chi connectivity index (χ2n) is 5.79. The van der Waals surface area contributed by atoms with E-state index in [4.69, 9.17) is 9.15 Å². The van der Waals surface area contributed by atoms with E-state index < -0.39 is 0 Å². The molecule has 4 aromatic rings. The van der Waals surface area contributed by atoms with Crippen molar-refractivity contribution >= 4 is 15.9 Å². The van der Waals surface area contributed by atoms with E-state index >= 15 is 0 Å². The molecule has 0 spiro atoms. The van der Waals surface area contributed by atoms with Gasteiger partial charge in [0.25, 0.3) is 0 Å². The summed E-state index contributed by atoms with van der Waals surface area (Å²) in [6.45, 7) is 1.87. The van der Waals surface area contributed by atoms with Crippen LogP contribution in [-0.2, 0) is 0 Å². The Morgan fingerprint density at radius 2 is 1.67 bits per heavy atom. The summed E-state index contributed by atoms with van der Waals surface area (Å²) in [7, 11) is 1.62. The number of halogens is 1. The van der Waals surface area contributed by atoms with Crippen LogP contribution in [0.3, 0.4) is 0 Å². The summed E-state index contributed by atoms with van der Waals surface area (Å²) in [5, 5.41) is 20.9.